The summed E-state index contributed by atoms with van der Waals surface area (Å²) in [7, 11) is 1.54. The topological polar surface area (TPSA) is 67.3 Å². The van der Waals surface area contributed by atoms with Crippen LogP contribution in [0.5, 0.6) is 0 Å². The van der Waals surface area contributed by atoms with Gasteiger partial charge in [0.15, 0.2) is 11.0 Å². The van der Waals surface area contributed by atoms with Crippen LogP contribution >= 0.6 is 11.6 Å². The van der Waals surface area contributed by atoms with Gasteiger partial charge in [-0.1, -0.05) is 35.9 Å². The largest absolute Gasteiger partial charge is 0.389 e. The van der Waals surface area contributed by atoms with Gasteiger partial charge in [-0.25, -0.2) is 0 Å². The molecule has 2 aromatic rings. The number of rotatable bonds is 5. The zero-order chi connectivity index (χ0) is 13.0. The second-order valence-electron chi connectivity index (χ2n) is 3.88. The van der Waals surface area contributed by atoms with Crippen LogP contribution in [-0.2, 0) is 4.74 Å². The highest BCUT2D eigenvalue weighted by Crippen LogP contribution is 2.25. The van der Waals surface area contributed by atoms with E-state index in [0.717, 1.165) is 10.8 Å². The number of hydrogen-bond acceptors (Lipinski definition) is 5. The standard InChI is InChI=1S/C12H14ClN3O2/c1-18-7-8(17)6-14-12-10-5-3-2-4-9(10)11(13)15-16-12/h2-5,8,17H,6-7H2,1H3,(H,14,16). The van der Waals surface area contributed by atoms with Crippen molar-refractivity contribution in [1.82, 2.24) is 10.2 Å². The molecule has 18 heavy (non-hydrogen) atoms. The van der Waals surface area contributed by atoms with Crippen molar-refractivity contribution >= 4 is 28.2 Å². The molecule has 1 heterocycles. The molecule has 0 saturated carbocycles. The van der Waals surface area contributed by atoms with E-state index >= 15 is 0 Å². The molecule has 0 saturated heterocycles. The molecule has 0 fully saturated rings. The molecule has 0 amide bonds. The number of fused-ring (bicyclic) bond motifs is 1. The van der Waals surface area contributed by atoms with E-state index in [1.165, 1.54) is 0 Å². The molecule has 6 heteroatoms. The number of benzene rings is 1. The molecule has 1 aromatic heterocycles. The number of halogens is 1. The number of nitrogens with one attached hydrogen (secondary N) is 1. The average molecular weight is 268 g/mol. The van der Waals surface area contributed by atoms with Gasteiger partial charge in [0.25, 0.3) is 0 Å². The maximum atomic E-state index is 9.58. The molecular weight excluding hydrogens is 254 g/mol. The predicted octanol–water partition coefficient (Wildman–Crippen LogP) is 1.70. The minimum Gasteiger partial charge on any atom is -0.389 e. The zero-order valence-corrected chi connectivity index (χ0v) is 10.7. The lowest BCUT2D eigenvalue weighted by molar-refractivity contribution is 0.0727. The molecule has 2 rings (SSSR count). The summed E-state index contributed by atoms with van der Waals surface area (Å²) in [5, 5.41) is 22.6. The van der Waals surface area contributed by atoms with Gasteiger partial charge in [-0.05, 0) is 0 Å². The number of aliphatic hydroxyl groups is 1. The molecule has 0 aliphatic rings. The smallest absolute Gasteiger partial charge is 0.159 e. The van der Waals surface area contributed by atoms with E-state index in [2.05, 4.69) is 15.5 Å². The molecule has 0 aliphatic heterocycles. The van der Waals surface area contributed by atoms with Crippen LogP contribution in [-0.4, -0.2) is 41.7 Å². The van der Waals surface area contributed by atoms with Crippen LogP contribution in [0.3, 0.4) is 0 Å². The number of aromatic nitrogens is 2. The third kappa shape index (κ3) is 2.87. The number of anilines is 1. The lowest BCUT2D eigenvalue weighted by Gasteiger charge is -2.12. The molecule has 96 valence electrons. The number of methoxy groups -OCH3 is 1. The quantitative estimate of drug-likeness (QED) is 0.863. The number of ether oxygens (including phenoxy) is 1. The Kier molecular flexibility index (Phi) is 4.30. The SMILES string of the molecule is COCC(O)CNc1nnc(Cl)c2ccccc12. The van der Waals surface area contributed by atoms with Crippen LogP contribution in [0.25, 0.3) is 10.8 Å². The lowest BCUT2D eigenvalue weighted by Crippen LogP contribution is -2.24. The maximum Gasteiger partial charge on any atom is 0.159 e. The summed E-state index contributed by atoms with van der Waals surface area (Å²) >= 11 is 5.97. The Hall–Kier alpha value is -1.43. The fourth-order valence-electron chi connectivity index (χ4n) is 1.67. The molecule has 1 atom stereocenters. The predicted molar refractivity (Wildman–Crippen MR) is 70.9 cm³/mol. The van der Waals surface area contributed by atoms with Crippen LogP contribution in [0.2, 0.25) is 5.15 Å². The van der Waals surface area contributed by atoms with Crippen molar-refractivity contribution in [3.05, 3.63) is 29.4 Å². The van der Waals surface area contributed by atoms with E-state index < -0.39 is 6.10 Å². The van der Waals surface area contributed by atoms with E-state index in [-0.39, 0.29) is 6.61 Å². The Bertz CT molecular complexity index is 536. The molecule has 0 bridgehead atoms. The Morgan fingerprint density at radius 2 is 2.06 bits per heavy atom. The first-order chi connectivity index (χ1) is 8.72. The Morgan fingerprint density at radius 3 is 2.78 bits per heavy atom. The average Bonchev–Trinajstić information content (AvgIpc) is 2.39. The highest BCUT2D eigenvalue weighted by atomic mass is 35.5. The van der Waals surface area contributed by atoms with E-state index in [1.54, 1.807) is 7.11 Å². The molecule has 1 aromatic carbocycles. The van der Waals surface area contributed by atoms with Gasteiger partial charge in [0.1, 0.15) is 0 Å². The molecule has 5 nitrogen and oxygen atoms in total. The van der Waals surface area contributed by atoms with Crippen LogP contribution < -0.4 is 5.32 Å². The van der Waals surface area contributed by atoms with Gasteiger partial charge in [-0.2, -0.15) is 0 Å². The van der Waals surface area contributed by atoms with Gasteiger partial charge in [-0.15, -0.1) is 10.2 Å². The van der Waals surface area contributed by atoms with Crippen molar-refractivity contribution < 1.29 is 9.84 Å². The summed E-state index contributed by atoms with van der Waals surface area (Å²) < 4.78 is 4.85. The van der Waals surface area contributed by atoms with Gasteiger partial charge in [-0.3, -0.25) is 0 Å². The van der Waals surface area contributed by atoms with Crippen molar-refractivity contribution in [2.75, 3.05) is 25.6 Å². The van der Waals surface area contributed by atoms with Gasteiger partial charge in [0.2, 0.25) is 0 Å². The fraction of sp³-hybridized carbons (Fsp3) is 0.333. The lowest BCUT2D eigenvalue weighted by atomic mass is 10.2. The third-order valence-electron chi connectivity index (χ3n) is 2.51. The number of nitrogens with zero attached hydrogens (tertiary/aromatic N) is 2. The molecule has 2 N–H and O–H groups in total. The van der Waals surface area contributed by atoms with E-state index in [9.17, 15) is 5.11 Å². The van der Waals surface area contributed by atoms with Crippen molar-refractivity contribution in [3.8, 4) is 0 Å². The summed E-state index contributed by atoms with van der Waals surface area (Å²) in [5.74, 6) is 0.602. The maximum absolute atomic E-state index is 9.58. The Labute approximate surface area is 110 Å². The third-order valence-corrected chi connectivity index (χ3v) is 2.79. The van der Waals surface area contributed by atoms with Crippen LogP contribution in [0.4, 0.5) is 5.82 Å². The van der Waals surface area contributed by atoms with E-state index in [1.807, 2.05) is 24.3 Å². The molecule has 0 aliphatic carbocycles. The Balaban J connectivity index is 2.21. The molecular formula is C12H14ClN3O2. The second kappa shape index (κ2) is 5.95. The molecule has 1 unspecified atom stereocenters. The second-order valence-corrected chi connectivity index (χ2v) is 4.23. The monoisotopic (exact) mass is 267 g/mol. The summed E-state index contributed by atoms with van der Waals surface area (Å²) in [6.07, 6.45) is -0.591. The van der Waals surface area contributed by atoms with Gasteiger partial charge < -0.3 is 15.2 Å². The first-order valence-corrected chi connectivity index (χ1v) is 5.92. The summed E-state index contributed by atoms with van der Waals surface area (Å²) in [4.78, 5) is 0. The highest BCUT2D eigenvalue weighted by Gasteiger charge is 2.09. The van der Waals surface area contributed by atoms with Crippen LogP contribution in [0.1, 0.15) is 0 Å². The van der Waals surface area contributed by atoms with Crippen LogP contribution in [0.15, 0.2) is 24.3 Å². The van der Waals surface area contributed by atoms with Gasteiger partial charge in [0.05, 0.1) is 12.7 Å². The fourth-order valence-corrected chi connectivity index (χ4v) is 1.87. The first kappa shape index (κ1) is 13.0. The number of hydrogen-bond donors (Lipinski definition) is 2. The molecule has 0 radical (unpaired) electrons. The number of aliphatic hydroxyl groups excluding tert-OH is 1. The minimum atomic E-state index is -0.591. The summed E-state index contributed by atoms with van der Waals surface area (Å²) in [5.41, 5.74) is 0. The molecule has 0 spiro atoms. The minimum absolute atomic E-state index is 0.270. The van der Waals surface area contributed by atoms with Crippen molar-refractivity contribution in [1.29, 1.82) is 0 Å². The summed E-state index contributed by atoms with van der Waals surface area (Å²) in [6.45, 7) is 0.611. The van der Waals surface area contributed by atoms with E-state index in [0.29, 0.717) is 17.5 Å². The summed E-state index contributed by atoms with van der Waals surface area (Å²) in [6, 6.07) is 7.57. The van der Waals surface area contributed by atoms with Crippen molar-refractivity contribution in [2.24, 2.45) is 0 Å². The first-order valence-electron chi connectivity index (χ1n) is 5.54. The zero-order valence-electron chi connectivity index (χ0n) is 9.93. The van der Waals surface area contributed by atoms with Gasteiger partial charge in [0, 0.05) is 24.4 Å². The van der Waals surface area contributed by atoms with Gasteiger partial charge >= 0.3 is 0 Å². The van der Waals surface area contributed by atoms with Crippen molar-refractivity contribution in [3.63, 3.8) is 0 Å². The van der Waals surface area contributed by atoms with Crippen molar-refractivity contribution in [2.45, 2.75) is 6.10 Å². The highest BCUT2D eigenvalue weighted by molar-refractivity contribution is 6.34. The normalized spacial score (nSPS) is 12.6. The van der Waals surface area contributed by atoms with E-state index in [4.69, 9.17) is 16.3 Å². The van der Waals surface area contributed by atoms with Crippen LogP contribution in [0, 0.1) is 0 Å². The Morgan fingerprint density at radius 1 is 1.33 bits per heavy atom.